The van der Waals surface area contributed by atoms with Gasteiger partial charge in [-0.2, -0.15) is 4.98 Å². The molecular weight excluding hydrogens is 408 g/mol. The largest absolute Gasteiger partial charge is 0.465 e. The molecule has 2 aromatic carbocycles. The summed E-state index contributed by atoms with van der Waals surface area (Å²) in [4.78, 5) is 31.4. The van der Waals surface area contributed by atoms with E-state index in [4.69, 9.17) is 9.26 Å². The highest BCUT2D eigenvalue weighted by Crippen LogP contribution is 2.24. The zero-order chi connectivity index (χ0) is 22.5. The van der Waals surface area contributed by atoms with E-state index in [1.807, 2.05) is 31.2 Å². The number of para-hydroxylation sites is 1. The van der Waals surface area contributed by atoms with Crippen molar-refractivity contribution in [3.63, 3.8) is 0 Å². The molecule has 0 bridgehead atoms. The number of methoxy groups -OCH3 is 1. The summed E-state index contributed by atoms with van der Waals surface area (Å²) in [5.41, 5.74) is 2.88. The molecule has 1 fully saturated rings. The minimum Gasteiger partial charge on any atom is -0.465 e. The van der Waals surface area contributed by atoms with E-state index in [1.54, 1.807) is 24.3 Å². The lowest BCUT2D eigenvalue weighted by atomic mass is 9.95. The van der Waals surface area contributed by atoms with Gasteiger partial charge in [0.25, 0.3) is 0 Å². The Labute approximate surface area is 186 Å². The second kappa shape index (κ2) is 9.74. The Bertz CT molecular complexity index is 1100. The standard InChI is InChI=1S/C24H26N4O4/c1-16-7-3-4-8-18(16)22-26-21(32-27-22)15-28-13-11-17(12-14-28)23(29)25-20-10-6-5-9-19(20)24(30)31-2/h3-10,17H,11-15H2,1-2H3,(H,25,29). The van der Waals surface area contributed by atoms with Gasteiger partial charge in [-0.05, 0) is 50.6 Å². The molecule has 1 amide bonds. The summed E-state index contributed by atoms with van der Waals surface area (Å²) >= 11 is 0. The van der Waals surface area contributed by atoms with E-state index in [9.17, 15) is 9.59 Å². The van der Waals surface area contributed by atoms with Crippen LogP contribution < -0.4 is 5.32 Å². The molecule has 2 heterocycles. The smallest absolute Gasteiger partial charge is 0.339 e. The number of rotatable bonds is 6. The SMILES string of the molecule is COC(=O)c1ccccc1NC(=O)C1CCN(Cc2nc(-c3ccccc3C)no2)CC1. The summed E-state index contributed by atoms with van der Waals surface area (Å²) < 4.78 is 10.2. The van der Waals surface area contributed by atoms with Gasteiger partial charge < -0.3 is 14.6 Å². The number of piperidine rings is 1. The van der Waals surface area contributed by atoms with Crippen LogP contribution in [0.5, 0.6) is 0 Å². The number of hydrogen-bond donors (Lipinski definition) is 1. The summed E-state index contributed by atoms with van der Waals surface area (Å²) in [5.74, 6) is 0.484. The van der Waals surface area contributed by atoms with Crippen LogP contribution in [0, 0.1) is 12.8 Å². The van der Waals surface area contributed by atoms with Crippen LogP contribution in [-0.2, 0) is 16.1 Å². The second-order valence-electron chi connectivity index (χ2n) is 7.90. The first-order valence-electron chi connectivity index (χ1n) is 10.6. The molecule has 1 aliphatic heterocycles. The minimum atomic E-state index is -0.472. The molecule has 0 aliphatic carbocycles. The first-order chi connectivity index (χ1) is 15.5. The third-order valence-electron chi connectivity index (χ3n) is 5.76. The molecule has 1 saturated heterocycles. The molecule has 0 unspecified atom stereocenters. The molecular formula is C24H26N4O4. The molecule has 0 spiro atoms. The highest BCUT2D eigenvalue weighted by Gasteiger charge is 2.27. The molecule has 0 saturated carbocycles. The summed E-state index contributed by atoms with van der Waals surface area (Å²) in [5, 5.41) is 7.01. The normalized spacial score (nSPS) is 14.8. The third kappa shape index (κ3) is 4.86. The van der Waals surface area contributed by atoms with Gasteiger partial charge >= 0.3 is 5.97 Å². The average Bonchev–Trinajstić information content (AvgIpc) is 3.28. The van der Waals surface area contributed by atoms with Gasteiger partial charge in [0.2, 0.25) is 17.6 Å². The maximum atomic E-state index is 12.8. The predicted molar refractivity (Wildman–Crippen MR) is 119 cm³/mol. The number of carbonyl (C=O) groups excluding carboxylic acids is 2. The van der Waals surface area contributed by atoms with E-state index in [-0.39, 0.29) is 11.8 Å². The molecule has 166 valence electrons. The number of aromatic nitrogens is 2. The van der Waals surface area contributed by atoms with Gasteiger partial charge in [-0.1, -0.05) is 41.6 Å². The van der Waals surface area contributed by atoms with Gasteiger partial charge in [0.05, 0.1) is 24.9 Å². The minimum absolute atomic E-state index is 0.0827. The molecule has 1 N–H and O–H groups in total. The highest BCUT2D eigenvalue weighted by atomic mass is 16.5. The zero-order valence-corrected chi connectivity index (χ0v) is 18.2. The fraction of sp³-hybridized carbons (Fsp3) is 0.333. The molecule has 1 aliphatic rings. The Hall–Kier alpha value is -3.52. The van der Waals surface area contributed by atoms with Gasteiger partial charge in [-0.25, -0.2) is 4.79 Å². The average molecular weight is 434 g/mol. The Morgan fingerprint density at radius 3 is 2.59 bits per heavy atom. The first-order valence-corrected chi connectivity index (χ1v) is 10.6. The lowest BCUT2D eigenvalue weighted by molar-refractivity contribution is -0.121. The highest BCUT2D eigenvalue weighted by molar-refractivity contribution is 6.01. The number of nitrogens with one attached hydrogen (secondary N) is 1. The Balaban J connectivity index is 1.32. The number of benzene rings is 2. The van der Waals surface area contributed by atoms with Crippen molar-refractivity contribution in [2.24, 2.45) is 5.92 Å². The Kier molecular flexibility index (Phi) is 6.61. The lowest BCUT2D eigenvalue weighted by Gasteiger charge is -2.30. The Morgan fingerprint density at radius 1 is 1.12 bits per heavy atom. The number of anilines is 1. The van der Waals surface area contributed by atoms with Crippen molar-refractivity contribution >= 4 is 17.6 Å². The number of aryl methyl sites for hydroxylation is 1. The maximum absolute atomic E-state index is 12.8. The van der Waals surface area contributed by atoms with Crippen molar-refractivity contribution < 1.29 is 18.8 Å². The second-order valence-corrected chi connectivity index (χ2v) is 7.90. The van der Waals surface area contributed by atoms with Gasteiger partial charge in [0.1, 0.15) is 0 Å². The fourth-order valence-electron chi connectivity index (χ4n) is 3.91. The molecule has 4 rings (SSSR count). The topological polar surface area (TPSA) is 97.6 Å². The lowest BCUT2D eigenvalue weighted by Crippen LogP contribution is -2.38. The monoisotopic (exact) mass is 434 g/mol. The fourth-order valence-corrected chi connectivity index (χ4v) is 3.91. The van der Waals surface area contributed by atoms with Crippen LogP contribution >= 0.6 is 0 Å². The van der Waals surface area contributed by atoms with Crippen molar-refractivity contribution in [1.29, 1.82) is 0 Å². The number of ether oxygens (including phenoxy) is 1. The molecule has 32 heavy (non-hydrogen) atoms. The van der Waals surface area contributed by atoms with E-state index >= 15 is 0 Å². The van der Waals surface area contributed by atoms with Crippen LogP contribution in [0.2, 0.25) is 0 Å². The molecule has 0 radical (unpaired) electrons. The van der Waals surface area contributed by atoms with Crippen LogP contribution in [0.3, 0.4) is 0 Å². The number of esters is 1. The van der Waals surface area contributed by atoms with E-state index in [0.29, 0.717) is 42.4 Å². The number of carbonyl (C=O) groups is 2. The van der Waals surface area contributed by atoms with Crippen molar-refractivity contribution in [3.8, 4) is 11.4 Å². The van der Waals surface area contributed by atoms with Gasteiger partial charge in [0.15, 0.2) is 0 Å². The number of hydrogen-bond acceptors (Lipinski definition) is 7. The number of likely N-dealkylation sites (tertiary alicyclic amines) is 1. The molecule has 8 heteroatoms. The maximum Gasteiger partial charge on any atom is 0.339 e. The van der Waals surface area contributed by atoms with Gasteiger partial charge in [-0.3, -0.25) is 9.69 Å². The Morgan fingerprint density at radius 2 is 1.84 bits per heavy atom. The van der Waals surface area contributed by atoms with Gasteiger partial charge in [-0.15, -0.1) is 0 Å². The third-order valence-corrected chi connectivity index (χ3v) is 5.76. The molecule has 1 aromatic heterocycles. The van der Waals surface area contributed by atoms with Crippen LogP contribution in [0.1, 0.15) is 34.7 Å². The number of nitrogens with zero attached hydrogens (tertiary/aromatic N) is 3. The summed E-state index contributed by atoms with van der Waals surface area (Å²) in [6.07, 6.45) is 1.43. The van der Waals surface area contributed by atoms with Crippen molar-refractivity contribution in [2.75, 3.05) is 25.5 Å². The van der Waals surface area contributed by atoms with Crippen molar-refractivity contribution in [3.05, 3.63) is 65.5 Å². The number of amides is 1. The van der Waals surface area contributed by atoms with Crippen LogP contribution in [0.4, 0.5) is 5.69 Å². The van der Waals surface area contributed by atoms with Crippen LogP contribution in [-0.4, -0.2) is 47.1 Å². The summed E-state index contributed by atoms with van der Waals surface area (Å²) in [6.45, 7) is 4.07. The molecule has 8 nitrogen and oxygen atoms in total. The van der Waals surface area contributed by atoms with E-state index in [0.717, 1.165) is 24.2 Å². The molecule has 3 aromatic rings. The zero-order valence-electron chi connectivity index (χ0n) is 18.2. The predicted octanol–water partition coefficient (Wildman–Crippen LogP) is 3.68. The van der Waals surface area contributed by atoms with Crippen molar-refractivity contribution in [2.45, 2.75) is 26.3 Å². The van der Waals surface area contributed by atoms with Crippen molar-refractivity contribution in [1.82, 2.24) is 15.0 Å². The quantitative estimate of drug-likeness (QED) is 0.591. The van der Waals surface area contributed by atoms with Crippen LogP contribution in [0.25, 0.3) is 11.4 Å². The van der Waals surface area contributed by atoms with Crippen LogP contribution in [0.15, 0.2) is 53.1 Å². The van der Waals surface area contributed by atoms with Gasteiger partial charge in [0, 0.05) is 11.5 Å². The molecule has 0 atom stereocenters. The van der Waals surface area contributed by atoms with E-state index < -0.39 is 5.97 Å². The summed E-state index contributed by atoms with van der Waals surface area (Å²) in [6, 6.07) is 14.8. The van der Waals surface area contributed by atoms with E-state index in [1.165, 1.54) is 7.11 Å². The first kappa shape index (κ1) is 21.7. The van der Waals surface area contributed by atoms with E-state index in [2.05, 4.69) is 20.4 Å². The summed E-state index contributed by atoms with van der Waals surface area (Å²) in [7, 11) is 1.32.